The fraction of sp³-hybridized carbons (Fsp3) is 0.227. The zero-order valence-electron chi connectivity index (χ0n) is 16.1. The number of methoxy groups -OCH3 is 1. The minimum Gasteiger partial charge on any atom is -0.497 e. The molecule has 2 aromatic carbocycles. The molecule has 0 fully saturated rings. The summed E-state index contributed by atoms with van der Waals surface area (Å²) in [6, 6.07) is 16.8. The van der Waals surface area contributed by atoms with Crippen molar-refractivity contribution in [2.24, 2.45) is 0 Å². The Balaban J connectivity index is 1.65. The molecular formula is C22H22N2O4. The molecule has 3 aromatic rings. The summed E-state index contributed by atoms with van der Waals surface area (Å²) < 4.78 is 10.4. The SMILES string of the molecule is COc1ccc2cc(C(=O)OCC(=O)N(C)Cc3ccccc3)c(C)nc2c1. The van der Waals surface area contributed by atoms with E-state index >= 15 is 0 Å². The quantitative estimate of drug-likeness (QED) is 0.615. The molecule has 0 radical (unpaired) electrons. The summed E-state index contributed by atoms with van der Waals surface area (Å²) in [5, 5.41) is 0.797. The van der Waals surface area contributed by atoms with E-state index in [0.717, 1.165) is 16.5 Å². The lowest BCUT2D eigenvalue weighted by Crippen LogP contribution is -2.30. The molecule has 28 heavy (non-hydrogen) atoms. The zero-order chi connectivity index (χ0) is 20.1. The highest BCUT2D eigenvalue weighted by Crippen LogP contribution is 2.22. The average molecular weight is 378 g/mol. The van der Waals surface area contributed by atoms with E-state index in [1.165, 1.54) is 4.90 Å². The first kappa shape index (κ1) is 19.4. The molecule has 6 nitrogen and oxygen atoms in total. The highest BCUT2D eigenvalue weighted by Gasteiger charge is 2.17. The van der Waals surface area contributed by atoms with Crippen LogP contribution in [0.2, 0.25) is 0 Å². The van der Waals surface area contributed by atoms with Crippen molar-refractivity contribution >= 4 is 22.8 Å². The maximum Gasteiger partial charge on any atom is 0.340 e. The number of rotatable bonds is 6. The first-order chi connectivity index (χ1) is 13.5. The van der Waals surface area contributed by atoms with Gasteiger partial charge in [0.05, 0.1) is 23.9 Å². The Morgan fingerprint density at radius 1 is 1.07 bits per heavy atom. The number of aryl methyl sites for hydroxylation is 1. The Bertz CT molecular complexity index is 1000. The highest BCUT2D eigenvalue weighted by atomic mass is 16.5. The van der Waals surface area contributed by atoms with Crippen molar-refractivity contribution in [2.75, 3.05) is 20.8 Å². The van der Waals surface area contributed by atoms with Crippen molar-refractivity contribution in [3.05, 3.63) is 71.4 Å². The van der Waals surface area contributed by atoms with Gasteiger partial charge in [0.15, 0.2) is 6.61 Å². The van der Waals surface area contributed by atoms with E-state index in [-0.39, 0.29) is 12.5 Å². The van der Waals surface area contributed by atoms with Crippen LogP contribution in [0.1, 0.15) is 21.6 Å². The van der Waals surface area contributed by atoms with Crippen molar-refractivity contribution in [1.82, 2.24) is 9.88 Å². The van der Waals surface area contributed by atoms with E-state index in [1.807, 2.05) is 36.4 Å². The van der Waals surface area contributed by atoms with Gasteiger partial charge < -0.3 is 14.4 Å². The number of aromatic nitrogens is 1. The lowest BCUT2D eigenvalue weighted by molar-refractivity contribution is -0.133. The van der Waals surface area contributed by atoms with Crippen LogP contribution in [0.5, 0.6) is 5.75 Å². The molecule has 1 aromatic heterocycles. The summed E-state index contributed by atoms with van der Waals surface area (Å²) in [4.78, 5) is 30.7. The van der Waals surface area contributed by atoms with Crippen molar-refractivity contribution in [2.45, 2.75) is 13.5 Å². The van der Waals surface area contributed by atoms with Gasteiger partial charge in [0.25, 0.3) is 5.91 Å². The molecule has 1 amide bonds. The smallest absolute Gasteiger partial charge is 0.340 e. The van der Waals surface area contributed by atoms with Crippen LogP contribution in [0.3, 0.4) is 0 Å². The lowest BCUT2D eigenvalue weighted by atomic mass is 10.1. The van der Waals surface area contributed by atoms with E-state index in [9.17, 15) is 9.59 Å². The van der Waals surface area contributed by atoms with Crippen LogP contribution < -0.4 is 4.74 Å². The van der Waals surface area contributed by atoms with Crippen LogP contribution in [-0.2, 0) is 16.1 Å². The Hall–Kier alpha value is -3.41. The third-order valence-corrected chi connectivity index (χ3v) is 4.45. The predicted molar refractivity (Wildman–Crippen MR) is 106 cm³/mol. The standard InChI is InChI=1S/C22H22N2O4/c1-15-19(11-17-9-10-18(27-3)12-20(17)23-15)22(26)28-14-21(25)24(2)13-16-7-5-4-6-8-16/h4-12H,13-14H2,1-3H3. The van der Waals surface area contributed by atoms with Crippen LogP contribution in [0.25, 0.3) is 10.9 Å². The summed E-state index contributed by atoms with van der Waals surface area (Å²) in [5.41, 5.74) is 2.62. The maximum absolute atomic E-state index is 12.5. The van der Waals surface area contributed by atoms with Crippen LogP contribution >= 0.6 is 0 Å². The van der Waals surface area contributed by atoms with Gasteiger partial charge in [-0.25, -0.2) is 4.79 Å². The molecule has 1 heterocycles. The molecule has 3 rings (SSSR count). The number of ether oxygens (including phenoxy) is 2. The van der Waals surface area contributed by atoms with Crippen molar-refractivity contribution in [1.29, 1.82) is 0 Å². The molecule has 0 saturated heterocycles. The van der Waals surface area contributed by atoms with Gasteiger partial charge in [0.1, 0.15) is 5.75 Å². The van der Waals surface area contributed by atoms with Crippen LogP contribution in [0.4, 0.5) is 0 Å². The Labute approximate surface area is 163 Å². The van der Waals surface area contributed by atoms with Gasteiger partial charge in [0, 0.05) is 25.0 Å². The molecule has 0 atom stereocenters. The number of hydrogen-bond acceptors (Lipinski definition) is 5. The average Bonchev–Trinajstić information content (AvgIpc) is 2.71. The van der Waals surface area contributed by atoms with Crippen LogP contribution in [-0.4, -0.2) is 42.5 Å². The third-order valence-electron chi connectivity index (χ3n) is 4.45. The number of fused-ring (bicyclic) bond motifs is 1. The van der Waals surface area contributed by atoms with E-state index in [1.54, 1.807) is 39.3 Å². The predicted octanol–water partition coefficient (Wildman–Crippen LogP) is 3.37. The van der Waals surface area contributed by atoms with Crippen molar-refractivity contribution < 1.29 is 19.1 Å². The van der Waals surface area contributed by atoms with Crippen molar-refractivity contribution in [3.63, 3.8) is 0 Å². The molecule has 0 saturated carbocycles. The van der Waals surface area contributed by atoms with Gasteiger partial charge in [-0.2, -0.15) is 0 Å². The van der Waals surface area contributed by atoms with Gasteiger partial charge in [0.2, 0.25) is 0 Å². The second-order valence-corrected chi connectivity index (χ2v) is 6.49. The Morgan fingerprint density at radius 3 is 2.54 bits per heavy atom. The summed E-state index contributed by atoms with van der Waals surface area (Å²) >= 11 is 0. The number of likely N-dealkylation sites (N-methyl/N-ethyl adjacent to an activating group) is 1. The Morgan fingerprint density at radius 2 is 1.82 bits per heavy atom. The summed E-state index contributed by atoms with van der Waals surface area (Å²) in [7, 11) is 3.27. The summed E-state index contributed by atoms with van der Waals surface area (Å²) in [6.07, 6.45) is 0. The molecule has 0 aliphatic carbocycles. The molecule has 0 bridgehead atoms. The molecular weight excluding hydrogens is 356 g/mol. The number of amides is 1. The zero-order valence-corrected chi connectivity index (χ0v) is 16.1. The number of esters is 1. The Kier molecular flexibility index (Phi) is 5.89. The largest absolute Gasteiger partial charge is 0.497 e. The van der Waals surface area contributed by atoms with Gasteiger partial charge in [-0.3, -0.25) is 9.78 Å². The number of pyridine rings is 1. The second-order valence-electron chi connectivity index (χ2n) is 6.49. The van der Waals surface area contributed by atoms with Crippen LogP contribution in [0.15, 0.2) is 54.6 Å². The summed E-state index contributed by atoms with van der Waals surface area (Å²) in [5.74, 6) is -0.140. The van der Waals surface area contributed by atoms with E-state index in [2.05, 4.69) is 4.98 Å². The minimum absolute atomic E-state index is 0.270. The number of benzene rings is 2. The van der Waals surface area contributed by atoms with Gasteiger partial charge >= 0.3 is 5.97 Å². The molecule has 0 spiro atoms. The second kappa shape index (κ2) is 8.52. The lowest BCUT2D eigenvalue weighted by Gasteiger charge is -2.17. The van der Waals surface area contributed by atoms with Gasteiger partial charge in [-0.15, -0.1) is 0 Å². The topological polar surface area (TPSA) is 68.7 Å². The van der Waals surface area contributed by atoms with Gasteiger partial charge in [-0.1, -0.05) is 30.3 Å². The van der Waals surface area contributed by atoms with Gasteiger partial charge in [-0.05, 0) is 30.7 Å². The fourth-order valence-corrected chi connectivity index (χ4v) is 2.84. The number of hydrogen-bond donors (Lipinski definition) is 0. The van der Waals surface area contributed by atoms with E-state index < -0.39 is 5.97 Å². The fourth-order valence-electron chi connectivity index (χ4n) is 2.84. The molecule has 0 N–H and O–H groups in total. The van der Waals surface area contributed by atoms with E-state index in [0.29, 0.717) is 23.6 Å². The number of carbonyl (C=O) groups is 2. The third kappa shape index (κ3) is 4.46. The number of nitrogens with zero attached hydrogens (tertiary/aromatic N) is 2. The molecule has 0 unspecified atom stereocenters. The molecule has 6 heteroatoms. The molecule has 0 aliphatic heterocycles. The molecule has 144 valence electrons. The normalized spacial score (nSPS) is 10.5. The first-order valence-corrected chi connectivity index (χ1v) is 8.88. The maximum atomic E-state index is 12.5. The monoisotopic (exact) mass is 378 g/mol. The van der Waals surface area contributed by atoms with Crippen LogP contribution in [0, 0.1) is 6.92 Å². The first-order valence-electron chi connectivity index (χ1n) is 8.88. The molecule has 0 aliphatic rings. The van der Waals surface area contributed by atoms with Crippen molar-refractivity contribution in [3.8, 4) is 5.75 Å². The number of carbonyl (C=O) groups excluding carboxylic acids is 2. The van der Waals surface area contributed by atoms with E-state index in [4.69, 9.17) is 9.47 Å². The highest BCUT2D eigenvalue weighted by molar-refractivity contribution is 5.96. The minimum atomic E-state index is -0.566. The summed E-state index contributed by atoms with van der Waals surface area (Å²) in [6.45, 7) is 1.87.